The monoisotopic (exact) mass is 581 g/mol. The number of hydrogen-bond donors (Lipinski definition) is 1. The van der Waals surface area contributed by atoms with E-state index in [0.717, 1.165) is 12.1 Å². The van der Waals surface area contributed by atoms with Gasteiger partial charge >= 0.3 is 24.6 Å². The van der Waals surface area contributed by atoms with E-state index in [1.807, 2.05) is 0 Å². The van der Waals surface area contributed by atoms with Crippen LogP contribution in [-0.2, 0) is 27.0 Å². The van der Waals surface area contributed by atoms with E-state index in [2.05, 4.69) is 4.74 Å². The number of halogens is 9. The molecule has 220 valence electrons. The molecule has 2 fully saturated rings. The van der Waals surface area contributed by atoms with E-state index in [9.17, 15) is 54.2 Å². The molecule has 0 radical (unpaired) electrons. The molecule has 0 spiro atoms. The van der Waals surface area contributed by atoms with E-state index in [0.29, 0.717) is 16.7 Å². The van der Waals surface area contributed by atoms with Crippen molar-refractivity contribution in [1.82, 2.24) is 9.80 Å². The quantitative estimate of drug-likeness (QED) is 0.408. The molecule has 8 nitrogen and oxygen atoms in total. The number of morpholine rings is 1. The van der Waals surface area contributed by atoms with E-state index >= 15 is 0 Å². The highest BCUT2D eigenvalue weighted by Crippen LogP contribution is 2.38. The Morgan fingerprint density at radius 1 is 1.03 bits per heavy atom. The number of anilines is 1. The molecule has 1 unspecified atom stereocenters. The van der Waals surface area contributed by atoms with Crippen LogP contribution in [0.5, 0.6) is 0 Å². The zero-order chi connectivity index (χ0) is 29.2. The molecule has 0 bridgehead atoms. The van der Waals surface area contributed by atoms with E-state index in [-0.39, 0.29) is 58.2 Å². The van der Waals surface area contributed by atoms with Crippen LogP contribution in [0.15, 0.2) is 18.2 Å². The predicted molar refractivity (Wildman–Crippen MR) is 115 cm³/mol. The summed E-state index contributed by atoms with van der Waals surface area (Å²) in [5, 5.41) is 9.88. The van der Waals surface area contributed by atoms with Crippen molar-refractivity contribution in [1.29, 1.82) is 0 Å². The molecule has 1 amide bonds. The number of alkyl halides is 9. The summed E-state index contributed by atoms with van der Waals surface area (Å²) in [6.07, 6.45) is -22.2. The maximum Gasteiger partial charge on any atom is 0.434 e. The Labute approximate surface area is 215 Å². The Hall–Kier alpha value is -2.79. The van der Waals surface area contributed by atoms with Crippen LogP contribution in [0.4, 0.5) is 50.0 Å². The van der Waals surface area contributed by atoms with Crippen LogP contribution in [0.25, 0.3) is 0 Å². The summed E-state index contributed by atoms with van der Waals surface area (Å²) in [6, 6.07) is 2.83. The molecule has 3 rings (SSSR count). The van der Waals surface area contributed by atoms with Crippen LogP contribution in [0.2, 0.25) is 0 Å². The third-order valence-corrected chi connectivity index (χ3v) is 6.38. The minimum atomic E-state index is -5.86. The highest BCUT2D eigenvalue weighted by Gasteiger charge is 2.60. The van der Waals surface area contributed by atoms with Gasteiger partial charge in [-0.3, -0.25) is 4.90 Å². The summed E-state index contributed by atoms with van der Waals surface area (Å²) >= 11 is 0. The predicted octanol–water partition coefficient (Wildman–Crippen LogP) is 3.22. The first-order valence-electron chi connectivity index (χ1n) is 11.5. The number of ether oxygens (including phenoxy) is 2. The van der Waals surface area contributed by atoms with Gasteiger partial charge in [-0.05, 0) is 17.7 Å². The number of carbonyl (C=O) groups is 2. The molecule has 2 saturated heterocycles. The van der Waals surface area contributed by atoms with Gasteiger partial charge in [-0.2, -0.15) is 39.5 Å². The fourth-order valence-electron chi connectivity index (χ4n) is 4.28. The van der Waals surface area contributed by atoms with Gasteiger partial charge in [0.15, 0.2) is 0 Å². The van der Waals surface area contributed by atoms with E-state index < -0.39 is 48.4 Å². The third-order valence-electron chi connectivity index (χ3n) is 6.38. The molecule has 2 aliphatic rings. The van der Waals surface area contributed by atoms with Crippen LogP contribution in [0.1, 0.15) is 11.1 Å². The van der Waals surface area contributed by atoms with Crippen molar-refractivity contribution in [2.75, 3.05) is 57.4 Å². The van der Waals surface area contributed by atoms with E-state index in [1.165, 1.54) is 11.0 Å². The average Bonchev–Trinajstić information content (AvgIpc) is 2.85. The molecule has 0 aromatic heterocycles. The molecule has 1 aromatic carbocycles. The molecular weight excluding hydrogens is 557 g/mol. The van der Waals surface area contributed by atoms with Gasteiger partial charge in [-0.1, -0.05) is 6.07 Å². The molecule has 0 aliphatic carbocycles. The first-order chi connectivity index (χ1) is 18.0. The summed E-state index contributed by atoms with van der Waals surface area (Å²) in [5.74, 6) is 0. The number of aliphatic hydroxyl groups excluding tert-OH is 1. The summed E-state index contributed by atoms with van der Waals surface area (Å²) < 4.78 is 126. The molecule has 1 atom stereocenters. The van der Waals surface area contributed by atoms with E-state index in [4.69, 9.17) is 4.74 Å². The average molecular weight is 581 g/mol. The van der Waals surface area contributed by atoms with Crippen LogP contribution in [-0.4, -0.2) is 104 Å². The van der Waals surface area contributed by atoms with Crippen LogP contribution in [0.3, 0.4) is 0 Å². The lowest BCUT2D eigenvalue weighted by molar-refractivity contribution is -0.308. The standard InChI is InChI=1S/C22H24F9N3O5/c23-20(24,25)15-2-1-14(16(9-15)34-7-8-38-13-19(34,11-35)12-36)10-32-3-5-33(6-4-32)18(37)39-17(21(26,27)28)22(29,30)31/h1-2,9,11,17,36H,3-8,10,12-13H2. The number of hydrogen-bond acceptors (Lipinski definition) is 7. The maximum absolute atomic E-state index is 13.5. The number of aldehydes is 1. The molecular formula is C22H24F9N3O5. The zero-order valence-corrected chi connectivity index (χ0v) is 20.1. The molecule has 2 aliphatic heterocycles. The molecule has 17 heteroatoms. The lowest BCUT2D eigenvalue weighted by Crippen LogP contribution is -2.61. The number of nitrogens with zero attached hydrogens (tertiary/aromatic N) is 3. The molecule has 2 heterocycles. The highest BCUT2D eigenvalue weighted by atomic mass is 19.4. The van der Waals surface area contributed by atoms with Gasteiger partial charge in [0.2, 0.25) is 0 Å². The SMILES string of the molecule is O=CC1(CO)COCCN1c1cc(C(F)(F)F)ccc1CN1CCN(C(=O)OC(C(F)(F)F)C(F)(F)F)CC1. The summed E-state index contributed by atoms with van der Waals surface area (Å²) in [7, 11) is 0. The number of aliphatic hydroxyl groups is 1. The second kappa shape index (κ2) is 11.4. The molecule has 1 N–H and O–H groups in total. The second-order valence-electron chi connectivity index (χ2n) is 9.04. The fraction of sp³-hybridized carbons (Fsp3) is 0.636. The number of piperazine rings is 1. The molecule has 39 heavy (non-hydrogen) atoms. The lowest BCUT2D eigenvalue weighted by atomic mass is 9.96. The fourth-order valence-corrected chi connectivity index (χ4v) is 4.28. The van der Waals surface area contributed by atoms with Crippen molar-refractivity contribution in [2.24, 2.45) is 0 Å². The Morgan fingerprint density at radius 2 is 1.64 bits per heavy atom. The first kappa shape index (κ1) is 30.7. The van der Waals surface area contributed by atoms with Gasteiger partial charge in [-0.25, -0.2) is 4.79 Å². The topological polar surface area (TPSA) is 82.6 Å². The van der Waals surface area contributed by atoms with Gasteiger partial charge in [0.1, 0.15) is 11.8 Å². The lowest BCUT2D eigenvalue weighted by Gasteiger charge is -2.45. The number of amides is 1. The summed E-state index contributed by atoms with van der Waals surface area (Å²) in [4.78, 5) is 27.5. The third kappa shape index (κ3) is 7.05. The maximum atomic E-state index is 13.5. The van der Waals surface area contributed by atoms with Crippen molar-refractivity contribution >= 4 is 18.1 Å². The normalized spacial score (nSPS) is 21.8. The molecule has 0 saturated carbocycles. The van der Waals surface area contributed by atoms with Gasteiger partial charge in [-0.15, -0.1) is 0 Å². The Kier molecular flexibility index (Phi) is 8.96. The summed E-state index contributed by atoms with van der Waals surface area (Å²) in [6.45, 7) is -1.77. The first-order valence-corrected chi connectivity index (χ1v) is 11.5. The van der Waals surface area contributed by atoms with Crippen LogP contribution >= 0.6 is 0 Å². The Bertz CT molecular complexity index is 1010. The van der Waals surface area contributed by atoms with Gasteiger partial charge in [0.25, 0.3) is 6.10 Å². The minimum absolute atomic E-state index is 0.00527. The van der Waals surface area contributed by atoms with Crippen molar-refractivity contribution < 1.29 is 63.7 Å². The highest BCUT2D eigenvalue weighted by molar-refractivity contribution is 5.75. The number of benzene rings is 1. The largest absolute Gasteiger partial charge is 0.434 e. The van der Waals surface area contributed by atoms with Crippen molar-refractivity contribution in [3.05, 3.63) is 29.3 Å². The number of rotatable bonds is 6. The van der Waals surface area contributed by atoms with Crippen LogP contribution in [0, 0.1) is 0 Å². The minimum Gasteiger partial charge on any atom is -0.426 e. The smallest absolute Gasteiger partial charge is 0.426 e. The van der Waals surface area contributed by atoms with Crippen molar-refractivity contribution in [2.45, 2.75) is 36.7 Å². The Balaban J connectivity index is 1.77. The number of carbonyl (C=O) groups excluding carboxylic acids is 2. The van der Waals surface area contributed by atoms with Gasteiger partial charge in [0, 0.05) is 45.0 Å². The van der Waals surface area contributed by atoms with Crippen LogP contribution < -0.4 is 4.90 Å². The molecule has 1 aromatic rings. The van der Waals surface area contributed by atoms with Gasteiger partial charge in [0.05, 0.1) is 25.4 Å². The second-order valence-corrected chi connectivity index (χ2v) is 9.04. The zero-order valence-electron chi connectivity index (χ0n) is 20.1. The van der Waals surface area contributed by atoms with E-state index in [1.54, 1.807) is 4.90 Å². The Morgan fingerprint density at radius 3 is 2.15 bits per heavy atom. The van der Waals surface area contributed by atoms with Crippen molar-refractivity contribution in [3.63, 3.8) is 0 Å². The van der Waals surface area contributed by atoms with Gasteiger partial charge < -0.3 is 29.2 Å². The summed E-state index contributed by atoms with van der Waals surface area (Å²) in [5.41, 5.74) is -2.36. The van der Waals surface area contributed by atoms with Crippen molar-refractivity contribution in [3.8, 4) is 0 Å².